The maximum atomic E-state index is 13.1. The first-order valence-electron chi connectivity index (χ1n) is 8.39. The van der Waals surface area contributed by atoms with Crippen molar-refractivity contribution in [2.75, 3.05) is 12.4 Å². The molecule has 0 aliphatic rings. The summed E-state index contributed by atoms with van der Waals surface area (Å²) in [5, 5.41) is 9.61. The molecule has 1 aromatic heterocycles. The van der Waals surface area contributed by atoms with E-state index in [1.807, 2.05) is 0 Å². The highest BCUT2D eigenvalue weighted by Gasteiger charge is 2.15. The number of carbonyl (C=O) groups excluding carboxylic acids is 2. The normalized spacial score (nSPS) is 10.5. The van der Waals surface area contributed by atoms with Crippen LogP contribution in [0, 0.1) is 12.7 Å². The monoisotopic (exact) mass is 366 g/mol. The number of hydrogen-bond acceptors (Lipinski definition) is 3. The molecule has 138 valence electrons. The van der Waals surface area contributed by atoms with E-state index in [1.54, 1.807) is 55.1 Å². The number of anilines is 1. The Bertz CT molecular complexity index is 963. The number of halogens is 1. The molecule has 1 heterocycles. The van der Waals surface area contributed by atoms with Crippen molar-refractivity contribution in [1.29, 1.82) is 0 Å². The first-order valence-corrected chi connectivity index (χ1v) is 8.39. The maximum absolute atomic E-state index is 13.1. The highest BCUT2D eigenvalue weighted by molar-refractivity contribution is 6.05. The molecular weight excluding hydrogens is 347 g/mol. The fraction of sp³-hybridized carbons (Fsp3) is 0.150. The number of nitrogens with one attached hydrogen (secondary N) is 2. The number of aromatic nitrogens is 2. The lowest BCUT2D eigenvalue weighted by Crippen LogP contribution is -2.19. The molecule has 0 bridgehead atoms. The van der Waals surface area contributed by atoms with Crippen molar-refractivity contribution in [3.63, 3.8) is 0 Å². The van der Waals surface area contributed by atoms with Crippen molar-refractivity contribution in [3.8, 4) is 5.69 Å². The summed E-state index contributed by atoms with van der Waals surface area (Å²) in [6.07, 6.45) is 1.77. The van der Waals surface area contributed by atoms with Crippen LogP contribution in [0.1, 0.15) is 21.6 Å². The van der Waals surface area contributed by atoms with E-state index >= 15 is 0 Å². The zero-order valence-corrected chi connectivity index (χ0v) is 15.0. The number of hydrogen-bond donors (Lipinski definition) is 2. The van der Waals surface area contributed by atoms with Gasteiger partial charge in [0.2, 0.25) is 5.91 Å². The van der Waals surface area contributed by atoms with Gasteiger partial charge in [0.25, 0.3) is 5.91 Å². The molecule has 27 heavy (non-hydrogen) atoms. The summed E-state index contributed by atoms with van der Waals surface area (Å²) >= 11 is 0. The average Bonchev–Trinajstić information content (AvgIpc) is 3.05. The molecule has 0 spiro atoms. The van der Waals surface area contributed by atoms with E-state index in [2.05, 4.69) is 15.7 Å². The third-order valence-electron chi connectivity index (χ3n) is 4.18. The molecule has 3 aromatic rings. The van der Waals surface area contributed by atoms with Crippen LogP contribution in [0.15, 0.2) is 54.7 Å². The number of nitrogens with zero attached hydrogens (tertiary/aromatic N) is 2. The minimum Gasteiger partial charge on any atom is -0.359 e. The van der Waals surface area contributed by atoms with Crippen molar-refractivity contribution in [3.05, 3.63) is 77.4 Å². The molecule has 0 fully saturated rings. The number of rotatable bonds is 5. The Morgan fingerprint density at radius 3 is 2.37 bits per heavy atom. The van der Waals surface area contributed by atoms with Crippen LogP contribution in [0.5, 0.6) is 0 Å². The number of carbonyl (C=O) groups is 2. The zero-order valence-electron chi connectivity index (χ0n) is 15.0. The van der Waals surface area contributed by atoms with Crippen molar-refractivity contribution >= 4 is 17.5 Å². The zero-order chi connectivity index (χ0) is 19.4. The molecule has 2 amide bonds. The van der Waals surface area contributed by atoms with Crippen molar-refractivity contribution < 1.29 is 14.0 Å². The Kier molecular flexibility index (Phi) is 5.30. The second-order valence-electron chi connectivity index (χ2n) is 6.03. The SMILES string of the molecule is CNC(=O)Cc1ccc(NC(=O)c2cnn(-c3ccc(F)cc3)c2C)cc1. The molecular formula is C20H19FN4O2. The van der Waals surface area contributed by atoms with Crippen molar-refractivity contribution in [2.24, 2.45) is 0 Å². The van der Waals surface area contributed by atoms with Gasteiger partial charge in [0.05, 0.1) is 29.6 Å². The second kappa shape index (κ2) is 7.82. The van der Waals surface area contributed by atoms with E-state index in [0.29, 0.717) is 22.6 Å². The summed E-state index contributed by atoms with van der Waals surface area (Å²) in [4.78, 5) is 23.9. The van der Waals surface area contributed by atoms with Gasteiger partial charge in [-0.3, -0.25) is 9.59 Å². The quantitative estimate of drug-likeness (QED) is 0.729. The van der Waals surface area contributed by atoms with Gasteiger partial charge in [0, 0.05) is 12.7 Å². The van der Waals surface area contributed by atoms with Gasteiger partial charge in [0.15, 0.2) is 0 Å². The number of benzene rings is 2. The maximum Gasteiger partial charge on any atom is 0.259 e. The number of amides is 2. The topological polar surface area (TPSA) is 76.0 Å². The van der Waals surface area contributed by atoms with Crippen LogP contribution in [0.4, 0.5) is 10.1 Å². The molecule has 2 N–H and O–H groups in total. The fourth-order valence-corrected chi connectivity index (χ4v) is 2.65. The van der Waals surface area contributed by atoms with Gasteiger partial charge in [-0.2, -0.15) is 5.10 Å². The molecule has 2 aromatic carbocycles. The van der Waals surface area contributed by atoms with Crippen LogP contribution in [-0.2, 0) is 11.2 Å². The molecule has 6 nitrogen and oxygen atoms in total. The predicted molar refractivity (Wildman–Crippen MR) is 100 cm³/mol. The van der Waals surface area contributed by atoms with Gasteiger partial charge in [0.1, 0.15) is 5.82 Å². The van der Waals surface area contributed by atoms with E-state index in [4.69, 9.17) is 0 Å². The van der Waals surface area contributed by atoms with Crippen LogP contribution < -0.4 is 10.6 Å². The van der Waals surface area contributed by atoms with E-state index < -0.39 is 0 Å². The van der Waals surface area contributed by atoms with Crippen LogP contribution in [0.25, 0.3) is 5.69 Å². The standard InChI is InChI=1S/C20H19FN4O2/c1-13-18(12-23-25(13)17-9-5-15(21)6-10-17)20(27)24-16-7-3-14(4-8-16)11-19(26)22-2/h3-10,12H,11H2,1-2H3,(H,22,26)(H,24,27). The van der Waals surface area contributed by atoms with Gasteiger partial charge < -0.3 is 10.6 Å². The summed E-state index contributed by atoms with van der Waals surface area (Å²) in [5.41, 5.74) is 3.22. The van der Waals surface area contributed by atoms with E-state index in [1.165, 1.54) is 18.3 Å². The molecule has 0 aliphatic carbocycles. The predicted octanol–water partition coefficient (Wildman–Crippen LogP) is 2.86. The largest absolute Gasteiger partial charge is 0.359 e. The molecule has 0 unspecified atom stereocenters. The fourth-order valence-electron chi connectivity index (χ4n) is 2.65. The lowest BCUT2D eigenvalue weighted by molar-refractivity contribution is -0.119. The van der Waals surface area contributed by atoms with Crippen LogP contribution >= 0.6 is 0 Å². The highest BCUT2D eigenvalue weighted by atomic mass is 19.1. The van der Waals surface area contributed by atoms with Crippen LogP contribution in [-0.4, -0.2) is 28.6 Å². The van der Waals surface area contributed by atoms with E-state index in [0.717, 1.165) is 5.56 Å². The molecule has 0 atom stereocenters. The Labute approximate surface area is 156 Å². The van der Waals surface area contributed by atoms with Crippen LogP contribution in [0.3, 0.4) is 0 Å². The summed E-state index contributed by atoms with van der Waals surface area (Å²) in [7, 11) is 1.59. The minimum atomic E-state index is -0.332. The van der Waals surface area contributed by atoms with Gasteiger partial charge in [-0.25, -0.2) is 9.07 Å². The molecule has 7 heteroatoms. The molecule has 0 saturated heterocycles. The average molecular weight is 366 g/mol. The van der Waals surface area contributed by atoms with E-state index in [-0.39, 0.29) is 24.1 Å². The summed E-state index contributed by atoms with van der Waals surface area (Å²) in [5.74, 6) is -0.697. The second-order valence-corrected chi connectivity index (χ2v) is 6.03. The van der Waals surface area contributed by atoms with Crippen LogP contribution in [0.2, 0.25) is 0 Å². The Balaban J connectivity index is 1.73. The van der Waals surface area contributed by atoms with Gasteiger partial charge in [-0.15, -0.1) is 0 Å². The third kappa shape index (κ3) is 4.20. The minimum absolute atomic E-state index is 0.0735. The number of likely N-dealkylation sites (N-methyl/N-ethyl adjacent to an activating group) is 1. The van der Waals surface area contributed by atoms with Gasteiger partial charge >= 0.3 is 0 Å². The summed E-state index contributed by atoms with van der Waals surface area (Å²) < 4.78 is 14.7. The van der Waals surface area contributed by atoms with Gasteiger partial charge in [-0.1, -0.05) is 12.1 Å². The highest BCUT2D eigenvalue weighted by Crippen LogP contribution is 2.17. The first-order chi connectivity index (χ1) is 13.0. The Morgan fingerprint density at radius 1 is 1.07 bits per heavy atom. The van der Waals surface area contributed by atoms with Crippen molar-refractivity contribution in [1.82, 2.24) is 15.1 Å². The van der Waals surface area contributed by atoms with Crippen molar-refractivity contribution in [2.45, 2.75) is 13.3 Å². The molecule has 0 radical (unpaired) electrons. The first kappa shape index (κ1) is 18.3. The third-order valence-corrected chi connectivity index (χ3v) is 4.18. The molecule has 3 rings (SSSR count). The summed E-state index contributed by atoms with van der Waals surface area (Å²) in [6.45, 7) is 1.78. The lowest BCUT2D eigenvalue weighted by atomic mass is 10.1. The Hall–Kier alpha value is -3.48. The smallest absolute Gasteiger partial charge is 0.259 e. The summed E-state index contributed by atoms with van der Waals surface area (Å²) in [6, 6.07) is 13.0. The molecule has 0 aliphatic heterocycles. The Morgan fingerprint density at radius 2 is 1.74 bits per heavy atom. The molecule has 0 saturated carbocycles. The lowest BCUT2D eigenvalue weighted by Gasteiger charge is -2.07. The van der Waals surface area contributed by atoms with E-state index in [9.17, 15) is 14.0 Å². The van der Waals surface area contributed by atoms with Gasteiger partial charge in [-0.05, 0) is 48.9 Å².